The van der Waals surface area contributed by atoms with E-state index in [1.165, 1.54) is 16.6 Å². The van der Waals surface area contributed by atoms with E-state index >= 15 is 0 Å². The van der Waals surface area contributed by atoms with E-state index in [1.54, 1.807) is 0 Å². The molecule has 0 radical (unpaired) electrons. The standard InChI is InChI=1S/C19H16BrNO2/c1-21(11-14-5-2-3-7-16(14)20)17-8-4-6-13-9-18-19(10-15(13)17)23-12-22-18/h2-10H,11-12H2,1H3. The van der Waals surface area contributed by atoms with E-state index in [2.05, 4.69) is 70.3 Å². The highest BCUT2D eigenvalue weighted by Crippen LogP contribution is 2.39. The largest absolute Gasteiger partial charge is 0.454 e. The van der Waals surface area contributed by atoms with E-state index < -0.39 is 0 Å². The molecular formula is C19H16BrNO2. The summed E-state index contributed by atoms with van der Waals surface area (Å²) < 4.78 is 12.1. The van der Waals surface area contributed by atoms with Crippen LogP contribution in [0.2, 0.25) is 0 Å². The van der Waals surface area contributed by atoms with Gasteiger partial charge in [-0.25, -0.2) is 0 Å². The fourth-order valence-electron chi connectivity index (χ4n) is 2.95. The van der Waals surface area contributed by atoms with Crippen molar-refractivity contribution in [2.75, 3.05) is 18.7 Å². The molecule has 0 saturated heterocycles. The Kier molecular flexibility index (Phi) is 3.62. The van der Waals surface area contributed by atoms with E-state index in [4.69, 9.17) is 9.47 Å². The van der Waals surface area contributed by atoms with Gasteiger partial charge in [0.05, 0.1) is 0 Å². The van der Waals surface area contributed by atoms with Gasteiger partial charge in [-0.3, -0.25) is 0 Å². The zero-order chi connectivity index (χ0) is 15.8. The minimum absolute atomic E-state index is 0.299. The molecule has 4 rings (SSSR count). The monoisotopic (exact) mass is 369 g/mol. The van der Waals surface area contributed by atoms with Crippen LogP contribution >= 0.6 is 15.9 Å². The van der Waals surface area contributed by atoms with Crippen molar-refractivity contribution in [1.29, 1.82) is 0 Å². The molecule has 0 N–H and O–H groups in total. The van der Waals surface area contributed by atoms with Crippen LogP contribution in [0.15, 0.2) is 59.1 Å². The van der Waals surface area contributed by atoms with Crippen molar-refractivity contribution in [1.82, 2.24) is 0 Å². The summed E-state index contributed by atoms with van der Waals surface area (Å²) >= 11 is 3.62. The fraction of sp³-hybridized carbons (Fsp3) is 0.158. The summed E-state index contributed by atoms with van der Waals surface area (Å²) in [6, 6.07) is 18.8. The normalized spacial score (nSPS) is 12.6. The lowest BCUT2D eigenvalue weighted by Crippen LogP contribution is -2.16. The highest BCUT2D eigenvalue weighted by atomic mass is 79.9. The van der Waals surface area contributed by atoms with Crippen LogP contribution in [-0.2, 0) is 6.54 Å². The molecule has 23 heavy (non-hydrogen) atoms. The van der Waals surface area contributed by atoms with Crippen molar-refractivity contribution in [3.05, 3.63) is 64.6 Å². The molecule has 3 aromatic carbocycles. The number of rotatable bonds is 3. The second kappa shape index (κ2) is 5.78. The van der Waals surface area contributed by atoms with E-state index in [-0.39, 0.29) is 0 Å². The number of halogens is 1. The maximum Gasteiger partial charge on any atom is 0.231 e. The van der Waals surface area contributed by atoms with Crippen molar-refractivity contribution in [3.63, 3.8) is 0 Å². The zero-order valence-electron chi connectivity index (χ0n) is 12.8. The van der Waals surface area contributed by atoms with Gasteiger partial charge in [0.25, 0.3) is 0 Å². The summed E-state index contributed by atoms with van der Waals surface area (Å²) in [6.07, 6.45) is 0. The molecule has 0 unspecified atom stereocenters. The third-order valence-electron chi connectivity index (χ3n) is 4.13. The first kappa shape index (κ1) is 14.4. The SMILES string of the molecule is CN(Cc1ccccc1Br)c1cccc2cc3c(cc12)OCO3. The van der Waals surface area contributed by atoms with Crippen molar-refractivity contribution >= 4 is 32.4 Å². The van der Waals surface area contributed by atoms with Gasteiger partial charge in [-0.1, -0.05) is 46.3 Å². The molecule has 0 spiro atoms. The first-order valence-corrected chi connectivity index (χ1v) is 8.28. The Morgan fingerprint density at radius 2 is 1.78 bits per heavy atom. The van der Waals surface area contributed by atoms with Crippen molar-refractivity contribution in [3.8, 4) is 11.5 Å². The molecule has 1 heterocycles. The summed E-state index contributed by atoms with van der Waals surface area (Å²) in [5.41, 5.74) is 2.43. The highest BCUT2D eigenvalue weighted by molar-refractivity contribution is 9.10. The number of ether oxygens (including phenoxy) is 2. The van der Waals surface area contributed by atoms with Gasteiger partial charge in [0.2, 0.25) is 6.79 Å². The predicted octanol–water partition coefficient (Wildman–Crippen LogP) is 4.97. The number of hydrogen-bond acceptors (Lipinski definition) is 3. The van der Waals surface area contributed by atoms with Crippen molar-refractivity contribution in [2.24, 2.45) is 0 Å². The first-order valence-electron chi connectivity index (χ1n) is 7.49. The number of benzene rings is 3. The van der Waals surface area contributed by atoms with Crippen LogP contribution in [-0.4, -0.2) is 13.8 Å². The number of anilines is 1. The maximum atomic E-state index is 5.53. The van der Waals surface area contributed by atoms with Crippen LogP contribution in [0.25, 0.3) is 10.8 Å². The minimum Gasteiger partial charge on any atom is -0.454 e. The zero-order valence-corrected chi connectivity index (χ0v) is 14.3. The second-order valence-electron chi connectivity index (χ2n) is 5.65. The third kappa shape index (κ3) is 2.63. The molecule has 1 aliphatic rings. The molecule has 4 heteroatoms. The van der Waals surface area contributed by atoms with Gasteiger partial charge in [0, 0.05) is 29.1 Å². The molecule has 0 bridgehead atoms. The number of hydrogen-bond donors (Lipinski definition) is 0. The lowest BCUT2D eigenvalue weighted by molar-refractivity contribution is 0.174. The Morgan fingerprint density at radius 1 is 1.00 bits per heavy atom. The van der Waals surface area contributed by atoms with Gasteiger partial charge < -0.3 is 14.4 Å². The highest BCUT2D eigenvalue weighted by Gasteiger charge is 2.16. The first-order chi connectivity index (χ1) is 11.2. The maximum absolute atomic E-state index is 5.53. The fourth-order valence-corrected chi connectivity index (χ4v) is 3.36. The summed E-state index contributed by atoms with van der Waals surface area (Å²) in [7, 11) is 2.11. The Hall–Kier alpha value is -2.20. The molecule has 0 aliphatic carbocycles. The topological polar surface area (TPSA) is 21.7 Å². The third-order valence-corrected chi connectivity index (χ3v) is 4.90. The van der Waals surface area contributed by atoms with Crippen molar-refractivity contribution in [2.45, 2.75) is 6.54 Å². The van der Waals surface area contributed by atoms with Crippen molar-refractivity contribution < 1.29 is 9.47 Å². The van der Waals surface area contributed by atoms with Gasteiger partial charge in [0.1, 0.15) is 0 Å². The molecule has 0 aromatic heterocycles. The lowest BCUT2D eigenvalue weighted by Gasteiger charge is -2.22. The second-order valence-corrected chi connectivity index (χ2v) is 6.51. The number of fused-ring (bicyclic) bond motifs is 2. The Labute approximate surface area is 143 Å². The molecular weight excluding hydrogens is 354 g/mol. The van der Waals surface area contributed by atoms with Gasteiger partial charge >= 0.3 is 0 Å². The average Bonchev–Trinajstić information content (AvgIpc) is 3.01. The lowest BCUT2D eigenvalue weighted by atomic mass is 10.1. The summed E-state index contributed by atoms with van der Waals surface area (Å²) in [4.78, 5) is 2.25. The smallest absolute Gasteiger partial charge is 0.231 e. The van der Waals surface area contributed by atoms with E-state index in [0.29, 0.717) is 6.79 Å². The summed E-state index contributed by atoms with van der Waals surface area (Å²) in [5, 5.41) is 2.33. The van der Waals surface area contributed by atoms with Crippen LogP contribution in [0.4, 0.5) is 5.69 Å². The average molecular weight is 370 g/mol. The predicted molar refractivity (Wildman–Crippen MR) is 96.3 cm³/mol. The summed E-state index contributed by atoms with van der Waals surface area (Å²) in [5.74, 6) is 1.64. The molecule has 0 atom stereocenters. The Bertz CT molecular complexity index is 878. The van der Waals surface area contributed by atoms with Crippen LogP contribution in [0.5, 0.6) is 11.5 Å². The molecule has 1 aliphatic heterocycles. The van der Waals surface area contributed by atoms with Gasteiger partial charge in [-0.15, -0.1) is 0 Å². The van der Waals surface area contributed by atoms with E-state index in [9.17, 15) is 0 Å². The van der Waals surface area contributed by atoms with Crippen LogP contribution in [0, 0.1) is 0 Å². The molecule has 3 aromatic rings. The summed E-state index contributed by atoms with van der Waals surface area (Å²) in [6.45, 7) is 1.13. The van der Waals surface area contributed by atoms with Crippen LogP contribution in [0.3, 0.4) is 0 Å². The van der Waals surface area contributed by atoms with Gasteiger partial charge in [-0.2, -0.15) is 0 Å². The Balaban J connectivity index is 1.75. The van der Waals surface area contributed by atoms with E-state index in [1.807, 2.05) is 12.1 Å². The van der Waals surface area contributed by atoms with Gasteiger partial charge in [0.15, 0.2) is 11.5 Å². The quantitative estimate of drug-likeness (QED) is 0.650. The number of nitrogens with zero attached hydrogens (tertiary/aromatic N) is 1. The molecule has 116 valence electrons. The minimum atomic E-state index is 0.299. The molecule has 3 nitrogen and oxygen atoms in total. The molecule has 0 saturated carbocycles. The molecule has 0 fully saturated rings. The Morgan fingerprint density at radius 3 is 2.61 bits per heavy atom. The van der Waals surface area contributed by atoms with Crippen LogP contribution in [0.1, 0.15) is 5.56 Å². The van der Waals surface area contributed by atoms with Crippen LogP contribution < -0.4 is 14.4 Å². The molecule has 0 amide bonds. The van der Waals surface area contributed by atoms with Gasteiger partial charge in [-0.05, 0) is 35.2 Å². The van der Waals surface area contributed by atoms with E-state index in [0.717, 1.165) is 27.9 Å².